The van der Waals surface area contributed by atoms with Gasteiger partial charge in [0.2, 0.25) is 0 Å². The first-order valence-corrected chi connectivity index (χ1v) is 4.71. The van der Waals surface area contributed by atoms with E-state index in [-0.39, 0.29) is 17.1 Å². The predicted molar refractivity (Wildman–Crippen MR) is 56.6 cm³/mol. The zero-order valence-corrected chi connectivity index (χ0v) is 9.15. The number of carbonyl (C=O) groups is 2. The Bertz CT molecular complexity index is 283. The number of carboxylic acids is 2. The molecule has 0 saturated carbocycles. The van der Waals surface area contributed by atoms with Crippen molar-refractivity contribution >= 4 is 11.9 Å². The lowest BCUT2D eigenvalue weighted by atomic mass is 10.0. The van der Waals surface area contributed by atoms with E-state index >= 15 is 0 Å². The lowest BCUT2D eigenvalue weighted by Gasteiger charge is -2.05. The summed E-state index contributed by atoms with van der Waals surface area (Å²) in [6.45, 7) is 4.87. The van der Waals surface area contributed by atoms with Crippen LogP contribution >= 0.6 is 0 Å². The van der Waals surface area contributed by atoms with Gasteiger partial charge in [0.25, 0.3) is 0 Å². The Balaban J connectivity index is 4.80. The fourth-order valence-electron chi connectivity index (χ4n) is 1.07. The van der Waals surface area contributed by atoms with Gasteiger partial charge in [0.15, 0.2) is 0 Å². The average Bonchev–Trinajstić information content (AvgIpc) is 2.15. The lowest BCUT2D eigenvalue weighted by molar-refractivity contribution is -0.133. The molecular weight excluding hydrogens is 196 g/mol. The van der Waals surface area contributed by atoms with E-state index in [0.29, 0.717) is 6.42 Å². The number of aliphatic carboxylic acids is 2. The maximum Gasteiger partial charge on any atom is 0.330 e. The largest absolute Gasteiger partial charge is 0.478 e. The summed E-state index contributed by atoms with van der Waals surface area (Å²) in [6, 6.07) is 0. The lowest BCUT2D eigenvalue weighted by Crippen LogP contribution is -2.03. The Kier molecular flexibility index (Phi) is 5.37. The number of hydrogen-bond donors (Lipinski definition) is 2. The standard InChI is InChI=1S/C11H16O4/c1-4-9(5-7(2)10(12)13)6-8(3)11(14)15/h5-6,9H,4H2,1-3H3,(H,12,13)(H,14,15). The molecule has 2 N–H and O–H groups in total. The summed E-state index contributed by atoms with van der Waals surface area (Å²) in [7, 11) is 0. The van der Waals surface area contributed by atoms with Crippen molar-refractivity contribution < 1.29 is 19.8 Å². The minimum atomic E-state index is -0.977. The molecule has 0 aromatic carbocycles. The van der Waals surface area contributed by atoms with E-state index in [2.05, 4.69) is 0 Å². The first-order chi connectivity index (χ1) is 6.88. The van der Waals surface area contributed by atoms with Crippen molar-refractivity contribution in [2.75, 3.05) is 0 Å². The van der Waals surface area contributed by atoms with E-state index in [1.165, 1.54) is 13.8 Å². The SMILES string of the molecule is CCC(C=C(C)C(=O)O)C=C(C)C(=O)O. The van der Waals surface area contributed by atoms with Gasteiger partial charge in [-0.3, -0.25) is 0 Å². The quantitative estimate of drug-likeness (QED) is 0.684. The molecule has 4 heteroatoms. The molecule has 0 aliphatic heterocycles. The summed E-state index contributed by atoms with van der Waals surface area (Å²) < 4.78 is 0. The number of hydrogen-bond acceptors (Lipinski definition) is 2. The van der Waals surface area contributed by atoms with Crippen LogP contribution in [0.1, 0.15) is 27.2 Å². The highest BCUT2D eigenvalue weighted by atomic mass is 16.4. The van der Waals surface area contributed by atoms with E-state index < -0.39 is 11.9 Å². The van der Waals surface area contributed by atoms with E-state index in [4.69, 9.17) is 10.2 Å². The molecule has 0 unspecified atom stereocenters. The summed E-state index contributed by atoms with van der Waals surface area (Å²) in [5.74, 6) is -2.10. The topological polar surface area (TPSA) is 74.6 Å². The van der Waals surface area contributed by atoms with Gasteiger partial charge < -0.3 is 10.2 Å². The van der Waals surface area contributed by atoms with Crippen LogP contribution in [0.4, 0.5) is 0 Å². The van der Waals surface area contributed by atoms with Crippen LogP contribution in [0.25, 0.3) is 0 Å². The van der Waals surface area contributed by atoms with Gasteiger partial charge in [-0.05, 0) is 26.2 Å². The fraction of sp³-hybridized carbons (Fsp3) is 0.455. The van der Waals surface area contributed by atoms with Gasteiger partial charge in [-0.2, -0.15) is 0 Å². The molecule has 0 aromatic heterocycles. The van der Waals surface area contributed by atoms with Gasteiger partial charge in [-0.25, -0.2) is 9.59 Å². The first kappa shape index (κ1) is 13.4. The Hall–Kier alpha value is -1.58. The molecule has 0 aliphatic carbocycles. The highest BCUT2D eigenvalue weighted by Gasteiger charge is 2.07. The zero-order valence-electron chi connectivity index (χ0n) is 9.15. The second kappa shape index (κ2) is 6.01. The molecule has 0 amide bonds. The maximum atomic E-state index is 10.6. The molecule has 0 aromatic rings. The van der Waals surface area contributed by atoms with Gasteiger partial charge in [0.05, 0.1) is 0 Å². The summed E-state index contributed by atoms with van der Waals surface area (Å²) in [5.41, 5.74) is 0.465. The first-order valence-electron chi connectivity index (χ1n) is 4.71. The van der Waals surface area contributed by atoms with Crippen molar-refractivity contribution in [3.63, 3.8) is 0 Å². The summed E-state index contributed by atoms with van der Waals surface area (Å²) >= 11 is 0. The zero-order chi connectivity index (χ0) is 12.0. The highest BCUT2D eigenvalue weighted by molar-refractivity contribution is 5.87. The van der Waals surface area contributed by atoms with Crippen LogP contribution in [0.2, 0.25) is 0 Å². The molecule has 84 valence electrons. The summed E-state index contributed by atoms with van der Waals surface area (Å²) in [4.78, 5) is 21.1. The second-order valence-electron chi connectivity index (χ2n) is 3.38. The molecule has 0 radical (unpaired) electrons. The minimum absolute atomic E-state index is 0.141. The molecule has 0 heterocycles. The summed E-state index contributed by atoms with van der Waals surface area (Å²) in [5, 5.41) is 17.3. The molecule has 15 heavy (non-hydrogen) atoms. The van der Waals surface area contributed by atoms with Gasteiger partial charge in [0.1, 0.15) is 0 Å². The molecule has 0 atom stereocenters. The number of rotatable bonds is 5. The van der Waals surface area contributed by atoms with Gasteiger partial charge in [0, 0.05) is 11.1 Å². The third-order valence-corrected chi connectivity index (χ3v) is 2.07. The number of carboxylic acid groups (broad SMARTS) is 2. The van der Waals surface area contributed by atoms with Crippen LogP contribution in [0.3, 0.4) is 0 Å². The molecule has 0 saturated heterocycles. The van der Waals surface area contributed by atoms with Crippen molar-refractivity contribution in [1.29, 1.82) is 0 Å². The van der Waals surface area contributed by atoms with Crippen LogP contribution in [0.5, 0.6) is 0 Å². The Morgan fingerprint density at radius 2 is 1.40 bits per heavy atom. The Labute approximate surface area is 88.9 Å². The van der Waals surface area contributed by atoms with E-state index in [1.807, 2.05) is 6.92 Å². The minimum Gasteiger partial charge on any atom is -0.478 e. The Morgan fingerprint density at radius 1 is 1.07 bits per heavy atom. The monoisotopic (exact) mass is 212 g/mol. The smallest absolute Gasteiger partial charge is 0.330 e. The van der Waals surface area contributed by atoms with Crippen LogP contribution in [0, 0.1) is 5.92 Å². The molecule has 0 fully saturated rings. The van der Waals surface area contributed by atoms with Crippen molar-refractivity contribution in [2.24, 2.45) is 5.92 Å². The van der Waals surface area contributed by atoms with Gasteiger partial charge >= 0.3 is 11.9 Å². The molecule has 0 bridgehead atoms. The van der Waals surface area contributed by atoms with Crippen LogP contribution in [0.15, 0.2) is 23.3 Å². The van der Waals surface area contributed by atoms with Gasteiger partial charge in [-0.15, -0.1) is 0 Å². The average molecular weight is 212 g/mol. The summed E-state index contributed by atoms with van der Waals surface area (Å²) in [6.07, 6.45) is 3.80. The van der Waals surface area contributed by atoms with Crippen molar-refractivity contribution in [1.82, 2.24) is 0 Å². The maximum absolute atomic E-state index is 10.6. The molecule has 0 aliphatic rings. The van der Waals surface area contributed by atoms with E-state index in [0.717, 1.165) is 0 Å². The second-order valence-corrected chi connectivity index (χ2v) is 3.38. The third-order valence-electron chi connectivity index (χ3n) is 2.07. The predicted octanol–water partition coefficient (Wildman–Crippen LogP) is 2.07. The molecular formula is C11H16O4. The highest BCUT2D eigenvalue weighted by Crippen LogP contribution is 2.12. The normalized spacial score (nSPS) is 14.9. The van der Waals surface area contributed by atoms with E-state index in [9.17, 15) is 9.59 Å². The van der Waals surface area contributed by atoms with Crippen LogP contribution in [-0.2, 0) is 9.59 Å². The van der Waals surface area contributed by atoms with Crippen LogP contribution in [-0.4, -0.2) is 22.2 Å². The third kappa shape index (κ3) is 5.00. The number of allylic oxidation sites excluding steroid dienone is 2. The van der Waals surface area contributed by atoms with Crippen LogP contribution < -0.4 is 0 Å². The molecule has 0 spiro atoms. The van der Waals surface area contributed by atoms with E-state index in [1.54, 1.807) is 12.2 Å². The van der Waals surface area contributed by atoms with Gasteiger partial charge in [-0.1, -0.05) is 19.1 Å². The Morgan fingerprint density at radius 3 is 1.60 bits per heavy atom. The molecule has 4 nitrogen and oxygen atoms in total. The van der Waals surface area contributed by atoms with Crippen molar-refractivity contribution in [3.8, 4) is 0 Å². The van der Waals surface area contributed by atoms with Crippen molar-refractivity contribution in [3.05, 3.63) is 23.3 Å². The fourth-order valence-corrected chi connectivity index (χ4v) is 1.07. The molecule has 0 rings (SSSR count). The van der Waals surface area contributed by atoms with Crippen molar-refractivity contribution in [2.45, 2.75) is 27.2 Å².